The number of halogens is 2. The van der Waals surface area contributed by atoms with Gasteiger partial charge in [-0.05, 0) is 36.2 Å². The van der Waals surface area contributed by atoms with Crippen molar-refractivity contribution in [2.45, 2.75) is 18.9 Å². The van der Waals surface area contributed by atoms with Crippen LogP contribution < -0.4 is 5.73 Å². The Bertz CT molecular complexity index is 626. The molecule has 2 aromatic carbocycles. The summed E-state index contributed by atoms with van der Waals surface area (Å²) in [5.74, 6) is -0.619. The van der Waals surface area contributed by atoms with Crippen LogP contribution in [0.4, 0.5) is 4.39 Å². The highest BCUT2D eigenvalue weighted by Crippen LogP contribution is 2.23. The number of Topliss-reactive ketones (excluding diaryl/α,β-unsaturated/α-hetero) is 1. The topological polar surface area (TPSA) is 43.1 Å². The molecule has 2 aromatic rings. The highest BCUT2D eigenvalue weighted by molar-refractivity contribution is 9.10. The summed E-state index contributed by atoms with van der Waals surface area (Å²) < 4.78 is 14.4. The highest BCUT2D eigenvalue weighted by atomic mass is 79.9. The minimum absolute atomic E-state index is 0.0346. The van der Waals surface area contributed by atoms with E-state index in [1.54, 1.807) is 31.2 Å². The number of nitrogens with two attached hydrogens (primary N) is 1. The van der Waals surface area contributed by atoms with Crippen LogP contribution in [-0.2, 0) is 16.8 Å². The minimum atomic E-state index is -1.13. The Morgan fingerprint density at radius 3 is 2.55 bits per heavy atom. The van der Waals surface area contributed by atoms with Crippen LogP contribution in [-0.4, -0.2) is 5.78 Å². The van der Waals surface area contributed by atoms with Crippen LogP contribution in [0.2, 0.25) is 0 Å². The summed E-state index contributed by atoms with van der Waals surface area (Å²) in [6.45, 7) is 1.65. The Morgan fingerprint density at radius 1 is 1.25 bits per heavy atom. The fourth-order valence-electron chi connectivity index (χ4n) is 1.98. The molecule has 1 unspecified atom stereocenters. The molecule has 0 amide bonds. The quantitative estimate of drug-likeness (QED) is 0.927. The zero-order valence-corrected chi connectivity index (χ0v) is 12.7. The predicted octanol–water partition coefficient (Wildman–Crippen LogP) is 3.57. The van der Waals surface area contributed by atoms with E-state index in [2.05, 4.69) is 15.9 Å². The van der Waals surface area contributed by atoms with Crippen LogP contribution in [0.25, 0.3) is 0 Å². The first kappa shape index (κ1) is 14.9. The molecule has 0 spiro atoms. The van der Waals surface area contributed by atoms with Crippen molar-refractivity contribution in [2.24, 2.45) is 5.73 Å². The third kappa shape index (κ3) is 3.14. The molecule has 0 aliphatic carbocycles. The number of ketones is 1. The monoisotopic (exact) mass is 335 g/mol. The fourth-order valence-corrected chi connectivity index (χ4v) is 2.39. The molecule has 2 rings (SSSR count). The second-order valence-electron chi connectivity index (χ2n) is 4.90. The van der Waals surface area contributed by atoms with Gasteiger partial charge >= 0.3 is 0 Å². The second kappa shape index (κ2) is 5.85. The SMILES string of the molecule is CC(N)(C(=O)Cc1cc(Br)ccc1F)c1ccccc1. The van der Waals surface area contributed by atoms with Gasteiger partial charge < -0.3 is 5.73 Å². The number of carbonyl (C=O) groups excluding carboxylic acids is 1. The third-order valence-electron chi connectivity index (χ3n) is 3.31. The first-order chi connectivity index (χ1) is 9.41. The Kier molecular flexibility index (Phi) is 4.35. The van der Waals surface area contributed by atoms with Gasteiger partial charge in [-0.2, -0.15) is 0 Å². The summed E-state index contributed by atoms with van der Waals surface area (Å²) >= 11 is 3.27. The van der Waals surface area contributed by atoms with E-state index < -0.39 is 11.4 Å². The molecule has 0 fully saturated rings. The average Bonchev–Trinajstić information content (AvgIpc) is 2.43. The molecule has 2 nitrogen and oxygen atoms in total. The molecular weight excluding hydrogens is 321 g/mol. The van der Waals surface area contributed by atoms with Crippen LogP contribution in [0, 0.1) is 5.82 Å². The standard InChI is InChI=1S/C16H15BrFNO/c1-16(19,12-5-3-2-4-6-12)15(20)10-11-9-13(17)7-8-14(11)18/h2-9H,10,19H2,1H3. The molecule has 104 valence electrons. The van der Waals surface area contributed by atoms with Gasteiger partial charge in [0.25, 0.3) is 0 Å². The van der Waals surface area contributed by atoms with Gasteiger partial charge in [0.2, 0.25) is 0 Å². The highest BCUT2D eigenvalue weighted by Gasteiger charge is 2.30. The lowest BCUT2D eigenvalue weighted by molar-refractivity contribution is -0.123. The van der Waals surface area contributed by atoms with Crippen molar-refractivity contribution in [3.63, 3.8) is 0 Å². The molecule has 0 saturated carbocycles. The van der Waals surface area contributed by atoms with Gasteiger partial charge in [0.1, 0.15) is 5.82 Å². The van der Waals surface area contributed by atoms with E-state index >= 15 is 0 Å². The lowest BCUT2D eigenvalue weighted by atomic mass is 9.86. The van der Waals surface area contributed by atoms with Gasteiger partial charge in [-0.25, -0.2) is 4.39 Å². The maximum Gasteiger partial charge on any atom is 0.161 e. The normalized spacial score (nSPS) is 13.8. The first-order valence-electron chi connectivity index (χ1n) is 6.23. The summed E-state index contributed by atoms with van der Waals surface area (Å²) in [7, 11) is 0. The molecule has 0 aliphatic rings. The van der Waals surface area contributed by atoms with Gasteiger partial charge in [-0.3, -0.25) is 4.79 Å². The number of hydrogen-bond donors (Lipinski definition) is 1. The van der Waals surface area contributed by atoms with Crippen molar-refractivity contribution in [1.82, 2.24) is 0 Å². The molecule has 0 saturated heterocycles. The Hall–Kier alpha value is -1.52. The van der Waals surface area contributed by atoms with Gasteiger partial charge in [0.05, 0.1) is 5.54 Å². The molecule has 0 heterocycles. The molecular formula is C16H15BrFNO. The van der Waals surface area contributed by atoms with Crippen molar-refractivity contribution >= 4 is 21.7 Å². The van der Waals surface area contributed by atoms with Crippen LogP contribution in [0.15, 0.2) is 53.0 Å². The van der Waals surface area contributed by atoms with Gasteiger partial charge in [-0.15, -0.1) is 0 Å². The molecule has 0 aliphatic heterocycles. The summed E-state index contributed by atoms with van der Waals surface area (Å²) in [6, 6.07) is 13.7. The summed E-state index contributed by atoms with van der Waals surface area (Å²) in [6.07, 6.45) is -0.0346. The maximum absolute atomic E-state index is 13.7. The van der Waals surface area contributed by atoms with E-state index in [9.17, 15) is 9.18 Å². The number of hydrogen-bond acceptors (Lipinski definition) is 2. The van der Waals surface area contributed by atoms with E-state index in [-0.39, 0.29) is 12.2 Å². The number of rotatable bonds is 4. The fraction of sp³-hybridized carbons (Fsp3) is 0.188. The average molecular weight is 336 g/mol. The summed E-state index contributed by atoms with van der Waals surface area (Å²) in [5, 5.41) is 0. The van der Waals surface area contributed by atoms with E-state index in [4.69, 9.17) is 5.73 Å². The van der Waals surface area contributed by atoms with Gasteiger partial charge in [-0.1, -0.05) is 46.3 Å². The Labute approximate surface area is 125 Å². The van der Waals surface area contributed by atoms with Gasteiger partial charge in [0, 0.05) is 10.9 Å². The van der Waals surface area contributed by atoms with Crippen LogP contribution >= 0.6 is 15.9 Å². The Morgan fingerprint density at radius 2 is 1.90 bits per heavy atom. The molecule has 0 radical (unpaired) electrons. The van der Waals surface area contributed by atoms with Crippen LogP contribution in [0.3, 0.4) is 0 Å². The largest absolute Gasteiger partial charge is 0.315 e. The number of benzene rings is 2. The molecule has 1 atom stereocenters. The van der Waals surface area contributed by atoms with Crippen molar-refractivity contribution < 1.29 is 9.18 Å². The second-order valence-corrected chi connectivity index (χ2v) is 5.82. The molecule has 4 heteroatoms. The zero-order valence-electron chi connectivity index (χ0n) is 11.1. The lowest BCUT2D eigenvalue weighted by Crippen LogP contribution is -2.42. The van der Waals surface area contributed by atoms with Gasteiger partial charge in [0.15, 0.2) is 5.78 Å². The van der Waals surface area contributed by atoms with Crippen molar-refractivity contribution in [3.8, 4) is 0 Å². The minimum Gasteiger partial charge on any atom is -0.315 e. The first-order valence-corrected chi connectivity index (χ1v) is 7.02. The molecule has 2 N–H and O–H groups in total. The molecule has 20 heavy (non-hydrogen) atoms. The van der Waals surface area contributed by atoms with Crippen molar-refractivity contribution in [3.05, 3.63) is 69.9 Å². The van der Waals surface area contributed by atoms with E-state index in [1.165, 1.54) is 6.07 Å². The molecule has 0 bridgehead atoms. The van der Waals surface area contributed by atoms with E-state index in [0.29, 0.717) is 5.56 Å². The maximum atomic E-state index is 13.7. The summed E-state index contributed by atoms with van der Waals surface area (Å²) in [5.41, 5.74) is 6.07. The summed E-state index contributed by atoms with van der Waals surface area (Å²) in [4.78, 5) is 12.4. The van der Waals surface area contributed by atoms with E-state index in [1.807, 2.05) is 18.2 Å². The van der Waals surface area contributed by atoms with E-state index in [0.717, 1.165) is 10.0 Å². The molecule has 0 aromatic heterocycles. The van der Waals surface area contributed by atoms with Crippen molar-refractivity contribution in [2.75, 3.05) is 0 Å². The van der Waals surface area contributed by atoms with Crippen LogP contribution in [0.1, 0.15) is 18.1 Å². The number of carbonyl (C=O) groups is 1. The smallest absolute Gasteiger partial charge is 0.161 e. The Balaban J connectivity index is 2.26. The lowest BCUT2D eigenvalue weighted by Gasteiger charge is -2.23. The predicted molar refractivity (Wildman–Crippen MR) is 80.8 cm³/mol. The van der Waals surface area contributed by atoms with Crippen molar-refractivity contribution in [1.29, 1.82) is 0 Å². The zero-order chi connectivity index (χ0) is 14.8. The van der Waals surface area contributed by atoms with Crippen LogP contribution in [0.5, 0.6) is 0 Å². The third-order valence-corrected chi connectivity index (χ3v) is 3.80.